The summed E-state index contributed by atoms with van der Waals surface area (Å²) in [7, 11) is 1.80. The molecule has 2 rings (SSSR count). The van der Waals surface area contributed by atoms with E-state index in [0.29, 0.717) is 18.2 Å². The van der Waals surface area contributed by atoms with Crippen molar-refractivity contribution in [3.05, 3.63) is 42.0 Å². The van der Waals surface area contributed by atoms with Crippen LogP contribution in [0.5, 0.6) is 0 Å². The van der Waals surface area contributed by atoms with Gasteiger partial charge in [0, 0.05) is 20.1 Å². The van der Waals surface area contributed by atoms with Crippen molar-refractivity contribution in [2.45, 2.75) is 18.6 Å². The van der Waals surface area contributed by atoms with E-state index in [9.17, 15) is 14.0 Å². The highest BCUT2D eigenvalue weighted by molar-refractivity contribution is 7.99. The van der Waals surface area contributed by atoms with Gasteiger partial charge in [0.15, 0.2) is 5.16 Å². The Balaban J connectivity index is 1.79. The number of nitrogens with zero attached hydrogens (tertiary/aromatic N) is 4. The molecule has 0 radical (unpaired) electrons. The minimum absolute atomic E-state index is 0.0180. The van der Waals surface area contributed by atoms with Gasteiger partial charge in [-0.1, -0.05) is 23.9 Å². The fourth-order valence-electron chi connectivity index (χ4n) is 2.03. The second kappa shape index (κ2) is 9.16. The lowest BCUT2D eigenvalue weighted by Crippen LogP contribution is -2.41. The molecule has 0 aliphatic heterocycles. The van der Waals surface area contributed by atoms with E-state index >= 15 is 0 Å². The molecule has 25 heavy (non-hydrogen) atoms. The second-order valence-corrected chi connectivity index (χ2v) is 6.27. The molecule has 0 spiro atoms. The molecular formula is C16H20FN5O2S. The molecule has 0 atom stereocenters. The lowest BCUT2D eigenvalue weighted by atomic mass is 10.2. The van der Waals surface area contributed by atoms with E-state index in [1.807, 2.05) is 6.92 Å². The second-order valence-electron chi connectivity index (χ2n) is 5.32. The zero-order chi connectivity index (χ0) is 18.2. The summed E-state index contributed by atoms with van der Waals surface area (Å²) in [4.78, 5) is 25.8. The van der Waals surface area contributed by atoms with Crippen molar-refractivity contribution in [3.63, 3.8) is 0 Å². The Kier molecular flexibility index (Phi) is 6.93. The first-order valence-electron chi connectivity index (χ1n) is 7.75. The summed E-state index contributed by atoms with van der Waals surface area (Å²) in [5.41, 5.74) is 0.793. The molecule has 0 saturated heterocycles. The fraction of sp³-hybridized carbons (Fsp3) is 0.375. The molecule has 1 aromatic heterocycles. The van der Waals surface area contributed by atoms with E-state index in [4.69, 9.17) is 0 Å². The van der Waals surface area contributed by atoms with Crippen molar-refractivity contribution >= 4 is 23.6 Å². The van der Waals surface area contributed by atoms with Crippen LogP contribution in [0.3, 0.4) is 0 Å². The minimum Gasteiger partial charge on any atom is -0.350 e. The number of hydrogen-bond donors (Lipinski definition) is 1. The van der Waals surface area contributed by atoms with Crippen LogP contribution < -0.4 is 5.32 Å². The molecular weight excluding hydrogens is 345 g/mol. The third-order valence-electron chi connectivity index (χ3n) is 3.47. The highest BCUT2D eigenvalue weighted by Crippen LogP contribution is 2.13. The average Bonchev–Trinajstić information content (AvgIpc) is 3.02. The van der Waals surface area contributed by atoms with Crippen molar-refractivity contribution in [2.24, 2.45) is 7.05 Å². The van der Waals surface area contributed by atoms with E-state index < -0.39 is 0 Å². The van der Waals surface area contributed by atoms with E-state index in [-0.39, 0.29) is 29.9 Å². The number of aromatic nitrogens is 3. The van der Waals surface area contributed by atoms with Crippen LogP contribution in [0, 0.1) is 5.82 Å². The molecule has 0 aliphatic rings. The van der Waals surface area contributed by atoms with Gasteiger partial charge in [-0.25, -0.2) is 4.39 Å². The summed E-state index contributed by atoms with van der Waals surface area (Å²) in [6, 6.07) is 5.89. The normalized spacial score (nSPS) is 10.5. The Morgan fingerprint density at radius 1 is 1.32 bits per heavy atom. The summed E-state index contributed by atoms with van der Waals surface area (Å²) >= 11 is 1.28. The van der Waals surface area contributed by atoms with Gasteiger partial charge in [-0.15, -0.1) is 10.2 Å². The number of benzene rings is 1. The smallest absolute Gasteiger partial charge is 0.239 e. The molecule has 1 aromatic carbocycles. The molecule has 2 amide bonds. The number of nitrogens with one attached hydrogen (secondary N) is 1. The largest absolute Gasteiger partial charge is 0.350 e. The van der Waals surface area contributed by atoms with Gasteiger partial charge < -0.3 is 14.8 Å². The number of amides is 2. The van der Waals surface area contributed by atoms with Crippen molar-refractivity contribution in [1.29, 1.82) is 0 Å². The van der Waals surface area contributed by atoms with Gasteiger partial charge in [0.1, 0.15) is 12.1 Å². The van der Waals surface area contributed by atoms with Gasteiger partial charge in [0.25, 0.3) is 0 Å². The molecule has 0 fully saturated rings. The summed E-state index contributed by atoms with van der Waals surface area (Å²) in [6.07, 6.45) is 1.56. The van der Waals surface area contributed by atoms with E-state index in [0.717, 1.165) is 5.56 Å². The average molecular weight is 365 g/mol. The quantitative estimate of drug-likeness (QED) is 0.712. The van der Waals surface area contributed by atoms with Crippen LogP contribution in [0.1, 0.15) is 12.5 Å². The first-order valence-corrected chi connectivity index (χ1v) is 8.74. The van der Waals surface area contributed by atoms with Crippen LogP contribution in [0.4, 0.5) is 4.39 Å². The first kappa shape index (κ1) is 18.9. The van der Waals surface area contributed by atoms with Gasteiger partial charge >= 0.3 is 0 Å². The summed E-state index contributed by atoms with van der Waals surface area (Å²) in [5, 5.41) is 11.0. The minimum atomic E-state index is -0.321. The predicted octanol–water partition coefficient (Wildman–Crippen LogP) is 1.21. The van der Waals surface area contributed by atoms with E-state index in [1.165, 1.54) is 28.8 Å². The van der Waals surface area contributed by atoms with Crippen LogP contribution in [-0.4, -0.2) is 50.3 Å². The van der Waals surface area contributed by atoms with Crippen molar-refractivity contribution in [3.8, 4) is 0 Å². The van der Waals surface area contributed by atoms with Crippen molar-refractivity contribution < 1.29 is 14.0 Å². The molecule has 0 saturated carbocycles. The van der Waals surface area contributed by atoms with E-state index in [1.54, 1.807) is 30.1 Å². The Morgan fingerprint density at radius 3 is 2.64 bits per heavy atom. The molecule has 7 nitrogen and oxygen atoms in total. The Labute approximate surface area is 149 Å². The third kappa shape index (κ3) is 5.86. The lowest BCUT2D eigenvalue weighted by molar-refractivity contribution is -0.133. The maximum atomic E-state index is 12.8. The molecule has 9 heteroatoms. The summed E-state index contributed by atoms with van der Waals surface area (Å²) < 4.78 is 14.6. The van der Waals surface area contributed by atoms with Crippen molar-refractivity contribution in [2.75, 3.05) is 18.8 Å². The monoisotopic (exact) mass is 365 g/mol. The SMILES string of the molecule is CCN(CC(=O)NCc1ccc(F)cc1)C(=O)CSc1nncn1C. The van der Waals surface area contributed by atoms with Crippen molar-refractivity contribution in [1.82, 2.24) is 25.0 Å². The molecule has 2 aromatic rings. The Hall–Kier alpha value is -2.42. The Bertz CT molecular complexity index is 720. The maximum absolute atomic E-state index is 12.8. The molecule has 1 N–H and O–H groups in total. The van der Waals surface area contributed by atoms with Gasteiger partial charge in [0.05, 0.1) is 12.3 Å². The molecule has 0 aliphatic carbocycles. The number of carbonyl (C=O) groups excluding carboxylic acids is 2. The summed E-state index contributed by atoms with van der Waals surface area (Å²) in [5.74, 6) is -0.542. The topological polar surface area (TPSA) is 80.1 Å². The van der Waals surface area contributed by atoms with Crippen LogP contribution >= 0.6 is 11.8 Å². The number of halogens is 1. The zero-order valence-electron chi connectivity index (χ0n) is 14.1. The summed E-state index contributed by atoms with van der Waals surface area (Å²) in [6.45, 7) is 2.52. The van der Waals surface area contributed by atoms with Gasteiger partial charge in [-0.3, -0.25) is 9.59 Å². The number of aryl methyl sites for hydroxylation is 1. The highest BCUT2D eigenvalue weighted by atomic mass is 32.2. The van der Waals surface area contributed by atoms with Crippen LogP contribution in [-0.2, 0) is 23.2 Å². The Morgan fingerprint density at radius 2 is 2.04 bits per heavy atom. The van der Waals surface area contributed by atoms with Gasteiger partial charge in [0.2, 0.25) is 11.8 Å². The number of rotatable bonds is 8. The standard InChI is InChI=1S/C16H20FN5O2S/c1-3-22(15(24)10-25-16-20-19-11-21(16)2)9-14(23)18-8-12-4-6-13(17)7-5-12/h4-7,11H,3,8-10H2,1-2H3,(H,18,23). The highest BCUT2D eigenvalue weighted by Gasteiger charge is 2.16. The van der Waals surface area contributed by atoms with Crippen LogP contribution in [0.2, 0.25) is 0 Å². The number of carbonyl (C=O) groups is 2. The van der Waals surface area contributed by atoms with Gasteiger partial charge in [-0.05, 0) is 24.6 Å². The number of hydrogen-bond acceptors (Lipinski definition) is 5. The van der Waals surface area contributed by atoms with Crippen LogP contribution in [0.25, 0.3) is 0 Å². The predicted molar refractivity (Wildman–Crippen MR) is 92.2 cm³/mol. The maximum Gasteiger partial charge on any atom is 0.239 e. The lowest BCUT2D eigenvalue weighted by Gasteiger charge is -2.20. The molecule has 134 valence electrons. The molecule has 0 bridgehead atoms. The van der Waals surface area contributed by atoms with Crippen LogP contribution in [0.15, 0.2) is 35.7 Å². The number of thioether (sulfide) groups is 1. The molecule has 0 unspecified atom stereocenters. The third-order valence-corrected chi connectivity index (χ3v) is 4.49. The molecule has 1 heterocycles. The number of likely N-dealkylation sites (N-methyl/N-ethyl adjacent to an activating group) is 1. The first-order chi connectivity index (χ1) is 12.0. The van der Waals surface area contributed by atoms with Gasteiger partial charge in [-0.2, -0.15) is 0 Å². The van der Waals surface area contributed by atoms with E-state index in [2.05, 4.69) is 15.5 Å². The zero-order valence-corrected chi connectivity index (χ0v) is 14.9. The fourth-order valence-corrected chi connectivity index (χ4v) is 2.82.